The molecule has 3 rings (SSSR count). The molecule has 0 aliphatic rings. The minimum atomic E-state index is -4.53. The number of anilines is 2. The fraction of sp³-hybridized carbons (Fsp3) is 0.136. The summed E-state index contributed by atoms with van der Waals surface area (Å²) in [6.07, 6.45) is 0. The van der Waals surface area contributed by atoms with Gasteiger partial charge in [-0.2, -0.15) is 13.2 Å². The normalized spacial score (nSPS) is 11.8. The molecule has 2 N–H and O–H groups in total. The van der Waals surface area contributed by atoms with Crippen molar-refractivity contribution in [3.63, 3.8) is 0 Å². The summed E-state index contributed by atoms with van der Waals surface area (Å²) < 4.78 is 66.3. The summed E-state index contributed by atoms with van der Waals surface area (Å²) in [4.78, 5) is 12.2. The van der Waals surface area contributed by atoms with Gasteiger partial charge in [-0.25, -0.2) is 8.42 Å². The molecule has 0 aromatic heterocycles. The number of aryl methyl sites for hydroxylation is 2. The number of benzene rings is 3. The zero-order valence-electron chi connectivity index (χ0n) is 17.0. The number of rotatable bonds is 6. The molecule has 0 unspecified atom stereocenters. The molecule has 3 aromatic rings. The molecule has 0 heterocycles. The molecule has 0 saturated carbocycles. The summed E-state index contributed by atoms with van der Waals surface area (Å²) in [6.45, 7) is 3.58. The van der Waals surface area contributed by atoms with E-state index in [0.29, 0.717) is 5.69 Å². The summed E-state index contributed by atoms with van der Waals surface area (Å²) >= 11 is -0.373. The van der Waals surface area contributed by atoms with E-state index in [4.69, 9.17) is 0 Å². The number of halogens is 3. The van der Waals surface area contributed by atoms with Crippen molar-refractivity contribution >= 4 is 39.1 Å². The topological polar surface area (TPSA) is 75.3 Å². The third-order valence-electron chi connectivity index (χ3n) is 4.50. The van der Waals surface area contributed by atoms with E-state index in [2.05, 4.69) is 10.0 Å². The van der Waals surface area contributed by atoms with Gasteiger partial charge >= 0.3 is 5.51 Å². The van der Waals surface area contributed by atoms with Crippen molar-refractivity contribution in [1.82, 2.24) is 0 Å². The third kappa shape index (κ3) is 5.83. The van der Waals surface area contributed by atoms with Gasteiger partial charge < -0.3 is 5.32 Å². The number of hydrogen-bond acceptors (Lipinski definition) is 4. The predicted molar refractivity (Wildman–Crippen MR) is 119 cm³/mol. The Kier molecular flexibility index (Phi) is 6.85. The van der Waals surface area contributed by atoms with E-state index in [1.807, 2.05) is 6.07 Å². The van der Waals surface area contributed by atoms with Crippen LogP contribution in [-0.4, -0.2) is 19.8 Å². The first kappa shape index (κ1) is 23.7. The number of nitrogens with one attached hydrogen (secondary N) is 2. The van der Waals surface area contributed by atoms with Gasteiger partial charge in [-0.3, -0.25) is 9.52 Å². The van der Waals surface area contributed by atoms with E-state index < -0.39 is 21.4 Å². The minimum absolute atomic E-state index is 0.0221. The molecule has 0 aliphatic heterocycles. The summed E-state index contributed by atoms with van der Waals surface area (Å²) in [5.41, 5.74) is -2.39. The van der Waals surface area contributed by atoms with Gasteiger partial charge in [0.05, 0.1) is 16.1 Å². The van der Waals surface area contributed by atoms with E-state index in [9.17, 15) is 26.4 Å². The number of carbonyl (C=O) groups is 1. The third-order valence-corrected chi connectivity index (χ3v) is 6.67. The van der Waals surface area contributed by atoms with E-state index in [1.54, 1.807) is 26.0 Å². The molecule has 5 nitrogen and oxygen atoms in total. The first-order valence-corrected chi connectivity index (χ1v) is 11.6. The Morgan fingerprint density at radius 1 is 0.875 bits per heavy atom. The van der Waals surface area contributed by atoms with Gasteiger partial charge in [0.1, 0.15) is 0 Å². The Bertz CT molecular complexity index is 1220. The molecule has 0 saturated heterocycles. The van der Waals surface area contributed by atoms with Crippen molar-refractivity contribution < 1.29 is 26.4 Å². The van der Waals surface area contributed by atoms with Gasteiger partial charge in [0, 0.05) is 10.6 Å². The van der Waals surface area contributed by atoms with Gasteiger partial charge in [0.15, 0.2) is 0 Å². The summed E-state index contributed by atoms with van der Waals surface area (Å²) in [7, 11) is -3.87. The van der Waals surface area contributed by atoms with Crippen LogP contribution in [0.4, 0.5) is 24.5 Å². The maximum atomic E-state index is 12.7. The summed E-state index contributed by atoms with van der Waals surface area (Å²) in [6, 6.07) is 16.1. The van der Waals surface area contributed by atoms with Crippen molar-refractivity contribution in [1.29, 1.82) is 0 Å². The van der Waals surface area contributed by atoms with Crippen LogP contribution in [-0.2, 0) is 10.0 Å². The maximum Gasteiger partial charge on any atom is 0.446 e. The number of amides is 1. The first-order valence-electron chi connectivity index (χ1n) is 9.31. The zero-order valence-corrected chi connectivity index (χ0v) is 18.7. The molecule has 3 aromatic carbocycles. The molecule has 0 fully saturated rings. The number of carbonyl (C=O) groups excluding carboxylic acids is 1. The molecular weight excluding hydrogens is 461 g/mol. The SMILES string of the molecule is Cc1cccc(C)c1NS(=O)(=O)c1ccc(NC(=O)c2ccccc2SC(F)(F)F)cc1. The lowest BCUT2D eigenvalue weighted by Crippen LogP contribution is -2.16. The van der Waals surface area contributed by atoms with Crippen LogP contribution >= 0.6 is 11.8 Å². The van der Waals surface area contributed by atoms with Gasteiger partial charge in [-0.05, 0) is 73.1 Å². The molecule has 0 spiro atoms. The van der Waals surface area contributed by atoms with Crippen molar-refractivity contribution in [2.24, 2.45) is 0 Å². The Balaban J connectivity index is 1.77. The largest absolute Gasteiger partial charge is 0.446 e. The monoisotopic (exact) mass is 480 g/mol. The number of alkyl halides is 3. The van der Waals surface area contributed by atoms with Crippen LogP contribution in [0, 0.1) is 13.8 Å². The Labute approximate surface area is 188 Å². The second kappa shape index (κ2) is 9.25. The first-order chi connectivity index (χ1) is 15.0. The van der Waals surface area contributed by atoms with E-state index in [-0.39, 0.29) is 32.8 Å². The lowest BCUT2D eigenvalue weighted by Gasteiger charge is -2.14. The van der Waals surface area contributed by atoms with Crippen LogP contribution in [0.2, 0.25) is 0 Å². The van der Waals surface area contributed by atoms with Gasteiger partial charge in [0.2, 0.25) is 0 Å². The molecule has 0 bridgehead atoms. The Hall–Kier alpha value is -2.98. The molecule has 0 atom stereocenters. The van der Waals surface area contributed by atoms with Crippen molar-refractivity contribution in [3.8, 4) is 0 Å². The van der Waals surface area contributed by atoms with Crippen LogP contribution in [0.25, 0.3) is 0 Å². The fourth-order valence-electron chi connectivity index (χ4n) is 2.95. The average molecular weight is 481 g/mol. The molecule has 0 aliphatic carbocycles. The van der Waals surface area contributed by atoms with Crippen LogP contribution in [0.3, 0.4) is 0 Å². The highest BCUT2D eigenvalue weighted by atomic mass is 32.2. The quantitative estimate of drug-likeness (QED) is 0.427. The molecule has 168 valence electrons. The van der Waals surface area contributed by atoms with Gasteiger partial charge in [-0.15, -0.1) is 0 Å². The van der Waals surface area contributed by atoms with Crippen molar-refractivity contribution in [2.45, 2.75) is 29.1 Å². The maximum absolute atomic E-state index is 12.7. The van der Waals surface area contributed by atoms with Gasteiger partial charge in [0.25, 0.3) is 15.9 Å². The highest BCUT2D eigenvalue weighted by Gasteiger charge is 2.31. The average Bonchev–Trinajstić information content (AvgIpc) is 2.70. The fourth-order valence-corrected chi connectivity index (χ4v) is 4.82. The number of thioether (sulfide) groups is 1. The van der Waals surface area contributed by atoms with E-state index >= 15 is 0 Å². The van der Waals surface area contributed by atoms with Crippen LogP contribution in [0.15, 0.2) is 76.5 Å². The second-order valence-electron chi connectivity index (χ2n) is 6.89. The van der Waals surface area contributed by atoms with E-state index in [0.717, 1.165) is 11.1 Å². The number of sulfonamides is 1. The summed E-state index contributed by atoms with van der Waals surface area (Å²) in [5, 5.41) is 2.50. The lowest BCUT2D eigenvalue weighted by molar-refractivity contribution is -0.0328. The summed E-state index contributed by atoms with van der Waals surface area (Å²) in [5.74, 6) is -0.735. The Morgan fingerprint density at radius 2 is 1.47 bits per heavy atom. The molecule has 1 amide bonds. The molecule has 0 radical (unpaired) electrons. The van der Waals surface area contributed by atoms with Crippen LogP contribution in [0.1, 0.15) is 21.5 Å². The smallest absolute Gasteiger partial charge is 0.322 e. The predicted octanol–water partition coefficient (Wildman–Crippen LogP) is 5.97. The lowest BCUT2D eigenvalue weighted by atomic mass is 10.1. The van der Waals surface area contributed by atoms with Gasteiger partial charge in [-0.1, -0.05) is 30.3 Å². The van der Waals surface area contributed by atoms with Crippen LogP contribution < -0.4 is 10.0 Å². The second-order valence-corrected chi connectivity index (χ2v) is 9.68. The highest BCUT2D eigenvalue weighted by Crippen LogP contribution is 2.38. The number of para-hydroxylation sites is 1. The Morgan fingerprint density at radius 3 is 2.06 bits per heavy atom. The number of hydrogen-bond donors (Lipinski definition) is 2. The van der Waals surface area contributed by atoms with E-state index in [1.165, 1.54) is 48.5 Å². The van der Waals surface area contributed by atoms with Crippen molar-refractivity contribution in [2.75, 3.05) is 10.0 Å². The minimum Gasteiger partial charge on any atom is -0.322 e. The zero-order chi connectivity index (χ0) is 23.5. The van der Waals surface area contributed by atoms with Crippen molar-refractivity contribution in [3.05, 3.63) is 83.4 Å². The highest BCUT2D eigenvalue weighted by molar-refractivity contribution is 8.00. The molecule has 32 heavy (non-hydrogen) atoms. The van der Waals surface area contributed by atoms with Crippen LogP contribution in [0.5, 0.6) is 0 Å². The standard InChI is InChI=1S/C22H19F3N2O3S2/c1-14-6-5-7-15(2)20(14)27-32(29,30)17-12-10-16(11-13-17)26-21(28)18-8-3-4-9-19(18)31-22(23,24)25/h3-13,27H,1-2H3,(H,26,28). The molecule has 10 heteroatoms. The molecular formula is C22H19F3N2O3S2.